The van der Waals surface area contributed by atoms with Gasteiger partial charge >= 0.3 is 0 Å². The van der Waals surface area contributed by atoms with Crippen LogP contribution in [0.15, 0.2) is 75.1 Å². The summed E-state index contributed by atoms with van der Waals surface area (Å²) in [6, 6.07) is 16.7. The van der Waals surface area contributed by atoms with Gasteiger partial charge in [-0.1, -0.05) is 47.6 Å². The van der Waals surface area contributed by atoms with E-state index in [1.807, 2.05) is 18.2 Å². The molecule has 0 atom stereocenters. The van der Waals surface area contributed by atoms with Gasteiger partial charge in [0.05, 0.1) is 16.1 Å². The number of hydrogen-bond acceptors (Lipinski definition) is 5. The van der Waals surface area contributed by atoms with Crippen LogP contribution in [0.1, 0.15) is 11.3 Å². The predicted octanol–water partition coefficient (Wildman–Crippen LogP) is 5.97. The fourth-order valence-electron chi connectivity index (χ4n) is 2.61. The van der Waals surface area contributed by atoms with E-state index in [9.17, 15) is 9.18 Å². The SMILES string of the molecule is O=C1C(=Cc2ccc(F)cc2)SC(=S)N1N=Cc1ccc(-c2ccccc2Cl)o1. The Kier molecular flexibility index (Phi) is 5.62. The standard InChI is InChI=1S/C21H12ClFN2O2S2/c22-17-4-2-1-3-16(17)18-10-9-15(27-18)12-24-25-20(26)19(29-21(25)28)11-13-5-7-14(23)8-6-13/h1-12H. The summed E-state index contributed by atoms with van der Waals surface area (Å²) < 4.78 is 19.1. The van der Waals surface area contributed by atoms with Crippen LogP contribution in [0.4, 0.5) is 4.39 Å². The van der Waals surface area contributed by atoms with Crippen LogP contribution in [-0.4, -0.2) is 21.5 Å². The molecule has 144 valence electrons. The Hall–Kier alpha value is -2.74. The minimum Gasteiger partial charge on any atom is -0.455 e. The highest BCUT2D eigenvalue weighted by molar-refractivity contribution is 8.26. The Morgan fingerprint density at radius 2 is 1.86 bits per heavy atom. The summed E-state index contributed by atoms with van der Waals surface area (Å²) in [5, 5.41) is 5.87. The molecule has 0 saturated carbocycles. The molecule has 0 bridgehead atoms. The van der Waals surface area contributed by atoms with Gasteiger partial charge in [0, 0.05) is 5.56 Å². The number of hydrazone groups is 1. The van der Waals surface area contributed by atoms with E-state index >= 15 is 0 Å². The Bertz CT molecular complexity index is 1160. The molecule has 0 radical (unpaired) electrons. The van der Waals surface area contributed by atoms with E-state index in [1.165, 1.54) is 18.3 Å². The highest BCUT2D eigenvalue weighted by Crippen LogP contribution is 2.33. The molecule has 0 unspecified atom stereocenters. The zero-order chi connectivity index (χ0) is 20.4. The van der Waals surface area contributed by atoms with Crippen molar-refractivity contribution in [1.29, 1.82) is 0 Å². The fourth-order valence-corrected chi connectivity index (χ4v) is 4.01. The third-order valence-electron chi connectivity index (χ3n) is 4.01. The molecule has 3 aromatic rings. The van der Waals surface area contributed by atoms with Gasteiger partial charge in [-0.05, 0) is 60.3 Å². The number of thioether (sulfide) groups is 1. The number of rotatable bonds is 4. The average Bonchev–Trinajstić information content (AvgIpc) is 3.27. The molecule has 1 amide bonds. The lowest BCUT2D eigenvalue weighted by Crippen LogP contribution is -2.22. The maximum atomic E-state index is 13.0. The van der Waals surface area contributed by atoms with Crippen LogP contribution in [-0.2, 0) is 4.79 Å². The number of nitrogens with zero attached hydrogens (tertiary/aromatic N) is 2. The molecule has 1 aromatic heterocycles. The third kappa shape index (κ3) is 4.32. The van der Waals surface area contributed by atoms with E-state index in [1.54, 1.807) is 36.4 Å². The first-order valence-electron chi connectivity index (χ1n) is 8.43. The van der Waals surface area contributed by atoms with Crippen LogP contribution in [0, 0.1) is 5.82 Å². The topological polar surface area (TPSA) is 45.8 Å². The molecule has 2 heterocycles. The number of carbonyl (C=O) groups excluding carboxylic acids is 1. The first kappa shape index (κ1) is 19.6. The van der Waals surface area contributed by atoms with Crippen LogP contribution in [0.2, 0.25) is 5.02 Å². The van der Waals surface area contributed by atoms with Gasteiger partial charge in [-0.2, -0.15) is 10.1 Å². The lowest BCUT2D eigenvalue weighted by molar-refractivity contribution is -0.122. The molecule has 0 spiro atoms. The van der Waals surface area contributed by atoms with Crippen LogP contribution in [0.3, 0.4) is 0 Å². The second-order valence-corrected chi connectivity index (χ2v) is 8.05. The number of hydrogen-bond donors (Lipinski definition) is 0. The summed E-state index contributed by atoms with van der Waals surface area (Å²) in [5.74, 6) is 0.363. The van der Waals surface area contributed by atoms with Crippen molar-refractivity contribution in [2.45, 2.75) is 0 Å². The largest absolute Gasteiger partial charge is 0.455 e. The average molecular weight is 443 g/mol. The van der Waals surface area contributed by atoms with E-state index < -0.39 is 0 Å². The quantitative estimate of drug-likeness (QED) is 0.283. The molecule has 29 heavy (non-hydrogen) atoms. The van der Waals surface area contributed by atoms with E-state index in [4.69, 9.17) is 28.2 Å². The van der Waals surface area contributed by atoms with Crippen molar-refractivity contribution in [2.24, 2.45) is 5.10 Å². The Morgan fingerprint density at radius 3 is 2.62 bits per heavy atom. The molecule has 2 aromatic carbocycles. The molecule has 4 nitrogen and oxygen atoms in total. The molecular weight excluding hydrogens is 431 g/mol. The summed E-state index contributed by atoms with van der Waals surface area (Å²) in [6.45, 7) is 0. The van der Waals surface area contributed by atoms with Gasteiger partial charge in [-0.3, -0.25) is 4.79 Å². The van der Waals surface area contributed by atoms with Gasteiger partial charge in [-0.25, -0.2) is 4.39 Å². The number of amides is 1. The maximum absolute atomic E-state index is 13.0. The first-order chi connectivity index (χ1) is 14.0. The molecule has 1 aliphatic heterocycles. The predicted molar refractivity (Wildman–Crippen MR) is 118 cm³/mol. The Morgan fingerprint density at radius 1 is 1.10 bits per heavy atom. The van der Waals surface area contributed by atoms with Crippen molar-refractivity contribution >= 4 is 58.1 Å². The first-order valence-corrected chi connectivity index (χ1v) is 10.0. The third-order valence-corrected chi connectivity index (χ3v) is 5.62. The van der Waals surface area contributed by atoms with Gasteiger partial charge in [0.1, 0.15) is 17.3 Å². The van der Waals surface area contributed by atoms with Gasteiger partial charge in [-0.15, -0.1) is 0 Å². The smallest absolute Gasteiger partial charge is 0.286 e. The molecule has 0 N–H and O–H groups in total. The number of thiocarbonyl (C=S) groups is 1. The zero-order valence-electron chi connectivity index (χ0n) is 14.7. The highest BCUT2D eigenvalue weighted by Gasteiger charge is 2.32. The molecular formula is C21H12ClFN2O2S2. The lowest BCUT2D eigenvalue weighted by atomic mass is 10.2. The van der Waals surface area contributed by atoms with Crippen molar-refractivity contribution in [3.63, 3.8) is 0 Å². The van der Waals surface area contributed by atoms with Crippen molar-refractivity contribution in [3.05, 3.63) is 87.7 Å². The van der Waals surface area contributed by atoms with Gasteiger partial charge in [0.25, 0.3) is 5.91 Å². The van der Waals surface area contributed by atoms with Crippen LogP contribution in [0.5, 0.6) is 0 Å². The minimum atomic E-state index is -0.349. The van der Waals surface area contributed by atoms with Gasteiger partial charge < -0.3 is 4.42 Å². The second kappa shape index (κ2) is 8.32. The van der Waals surface area contributed by atoms with Crippen LogP contribution < -0.4 is 0 Å². The Balaban J connectivity index is 1.52. The Labute approximate surface area is 180 Å². The molecule has 1 fully saturated rings. The summed E-state index contributed by atoms with van der Waals surface area (Å²) in [5.41, 5.74) is 1.47. The highest BCUT2D eigenvalue weighted by atomic mass is 35.5. The second-order valence-electron chi connectivity index (χ2n) is 5.97. The van der Waals surface area contributed by atoms with Gasteiger partial charge in [0.2, 0.25) is 0 Å². The zero-order valence-corrected chi connectivity index (χ0v) is 17.1. The van der Waals surface area contributed by atoms with E-state index in [0.717, 1.165) is 22.3 Å². The lowest BCUT2D eigenvalue weighted by Gasteiger charge is -2.05. The fraction of sp³-hybridized carbons (Fsp3) is 0. The van der Waals surface area contributed by atoms with Crippen molar-refractivity contribution in [2.75, 3.05) is 0 Å². The van der Waals surface area contributed by atoms with E-state index in [2.05, 4.69) is 5.10 Å². The summed E-state index contributed by atoms with van der Waals surface area (Å²) in [4.78, 5) is 13.0. The number of furan rings is 1. The number of halogens is 2. The summed E-state index contributed by atoms with van der Waals surface area (Å²) in [6.07, 6.45) is 3.07. The summed E-state index contributed by atoms with van der Waals surface area (Å²) >= 11 is 12.6. The van der Waals surface area contributed by atoms with Crippen LogP contribution >= 0.6 is 35.6 Å². The monoisotopic (exact) mass is 442 g/mol. The maximum Gasteiger partial charge on any atom is 0.286 e. The molecule has 4 rings (SSSR count). The van der Waals surface area contributed by atoms with Crippen molar-refractivity contribution < 1.29 is 13.6 Å². The van der Waals surface area contributed by atoms with Crippen LogP contribution in [0.25, 0.3) is 17.4 Å². The van der Waals surface area contributed by atoms with Crippen molar-refractivity contribution in [3.8, 4) is 11.3 Å². The number of carbonyl (C=O) groups is 1. The van der Waals surface area contributed by atoms with Crippen molar-refractivity contribution in [1.82, 2.24) is 5.01 Å². The molecule has 8 heteroatoms. The molecule has 0 aliphatic carbocycles. The summed E-state index contributed by atoms with van der Waals surface area (Å²) in [7, 11) is 0. The minimum absolute atomic E-state index is 0.303. The number of benzene rings is 2. The molecule has 1 saturated heterocycles. The van der Waals surface area contributed by atoms with Gasteiger partial charge in [0.15, 0.2) is 4.32 Å². The van der Waals surface area contributed by atoms with E-state index in [0.29, 0.717) is 31.3 Å². The van der Waals surface area contributed by atoms with E-state index in [-0.39, 0.29) is 11.7 Å². The molecule has 1 aliphatic rings. The normalized spacial score (nSPS) is 15.8.